The zero-order chi connectivity index (χ0) is 25.2. The van der Waals surface area contributed by atoms with Crippen LogP contribution in [0.4, 0.5) is 11.8 Å². The summed E-state index contributed by atoms with van der Waals surface area (Å²) in [5, 5.41) is 12.4. The summed E-state index contributed by atoms with van der Waals surface area (Å²) in [6.45, 7) is 1.74. The number of hydrogen-bond donors (Lipinski definition) is 2. The number of carbonyl (C=O) groups excluding carboxylic acids is 1. The first-order valence-corrected chi connectivity index (χ1v) is 12.5. The van der Waals surface area contributed by atoms with Crippen molar-refractivity contribution in [3.63, 3.8) is 0 Å². The van der Waals surface area contributed by atoms with Crippen LogP contribution in [0.15, 0.2) is 53.1 Å². The van der Waals surface area contributed by atoms with Crippen molar-refractivity contribution in [2.45, 2.75) is 44.7 Å². The molecule has 0 saturated heterocycles. The lowest BCUT2D eigenvalue weighted by Gasteiger charge is -2.30. The van der Waals surface area contributed by atoms with Gasteiger partial charge in [-0.05, 0) is 50.8 Å². The summed E-state index contributed by atoms with van der Waals surface area (Å²) in [7, 11) is 3.97. The lowest BCUT2D eigenvalue weighted by atomic mass is 9.91. The Balaban J connectivity index is 1.24. The Labute approximate surface area is 215 Å². The molecule has 8 nitrogen and oxygen atoms in total. The summed E-state index contributed by atoms with van der Waals surface area (Å²) in [6.07, 6.45) is 3.50. The molecule has 0 spiro atoms. The first-order chi connectivity index (χ1) is 17.4. The topological polar surface area (TPSA) is 96.2 Å². The second-order valence-corrected chi connectivity index (χ2v) is 9.80. The maximum absolute atomic E-state index is 13.2. The third-order valence-electron chi connectivity index (χ3n) is 6.62. The molecular formula is C27H29ClN6O2. The highest BCUT2D eigenvalue weighted by Gasteiger charge is 2.28. The van der Waals surface area contributed by atoms with Crippen LogP contribution in [0, 0.1) is 6.92 Å². The summed E-state index contributed by atoms with van der Waals surface area (Å²) in [5.41, 5.74) is 2.50. The monoisotopic (exact) mass is 504 g/mol. The van der Waals surface area contributed by atoms with Gasteiger partial charge in [0.25, 0.3) is 5.91 Å². The first-order valence-electron chi connectivity index (χ1n) is 12.1. The van der Waals surface area contributed by atoms with Crippen LogP contribution in [0.5, 0.6) is 0 Å². The molecule has 0 radical (unpaired) electrons. The van der Waals surface area contributed by atoms with Gasteiger partial charge in [-0.3, -0.25) is 4.79 Å². The predicted molar refractivity (Wildman–Crippen MR) is 143 cm³/mol. The molecule has 2 aromatic heterocycles. The third kappa shape index (κ3) is 4.86. The van der Waals surface area contributed by atoms with Gasteiger partial charge in [0.2, 0.25) is 5.95 Å². The van der Waals surface area contributed by atoms with E-state index in [1.54, 1.807) is 13.0 Å². The van der Waals surface area contributed by atoms with Gasteiger partial charge in [0.1, 0.15) is 22.8 Å². The zero-order valence-electron chi connectivity index (χ0n) is 20.6. The van der Waals surface area contributed by atoms with Gasteiger partial charge in [0.15, 0.2) is 0 Å². The van der Waals surface area contributed by atoms with E-state index in [0.29, 0.717) is 33.6 Å². The Morgan fingerprint density at radius 3 is 2.44 bits per heavy atom. The Morgan fingerprint density at radius 1 is 1.00 bits per heavy atom. The number of rotatable bonds is 6. The Hall–Kier alpha value is -3.65. The van der Waals surface area contributed by atoms with Gasteiger partial charge < -0.3 is 20.1 Å². The van der Waals surface area contributed by atoms with Gasteiger partial charge in [0.05, 0.1) is 10.5 Å². The quantitative estimate of drug-likeness (QED) is 0.359. The van der Waals surface area contributed by atoms with Crippen molar-refractivity contribution in [2.24, 2.45) is 0 Å². The highest BCUT2D eigenvalue weighted by molar-refractivity contribution is 6.33. The van der Waals surface area contributed by atoms with Crippen molar-refractivity contribution < 1.29 is 9.32 Å². The molecule has 1 fully saturated rings. The number of amides is 1. The highest BCUT2D eigenvalue weighted by Crippen LogP contribution is 2.32. The molecule has 4 aromatic rings. The first kappa shape index (κ1) is 24.1. The smallest absolute Gasteiger partial charge is 0.257 e. The fraction of sp³-hybridized carbons (Fsp3) is 0.333. The number of halogens is 1. The number of nitrogens with zero attached hydrogens (tertiary/aromatic N) is 4. The number of anilines is 2. The predicted octanol–water partition coefficient (Wildman–Crippen LogP) is 5.47. The summed E-state index contributed by atoms with van der Waals surface area (Å²) in [5.74, 6) is 1.81. The number of carbonyl (C=O) groups is 1. The molecule has 1 amide bonds. The van der Waals surface area contributed by atoms with Crippen LogP contribution in [0.1, 0.15) is 41.8 Å². The molecule has 186 valence electrons. The van der Waals surface area contributed by atoms with Crippen LogP contribution < -0.4 is 15.5 Å². The molecule has 1 aliphatic carbocycles. The molecule has 2 heterocycles. The normalized spacial score (nSPS) is 17.7. The summed E-state index contributed by atoms with van der Waals surface area (Å²) >= 11 is 6.35. The van der Waals surface area contributed by atoms with E-state index in [0.717, 1.165) is 42.4 Å². The van der Waals surface area contributed by atoms with E-state index < -0.39 is 0 Å². The van der Waals surface area contributed by atoms with Gasteiger partial charge in [-0.15, -0.1) is 0 Å². The number of nitrogens with one attached hydrogen (secondary N) is 2. The Morgan fingerprint density at radius 2 is 1.69 bits per heavy atom. The molecule has 0 aliphatic heterocycles. The van der Waals surface area contributed by atoms with E-state index in [1.807, 2.05) is 61.5 Å². The third-order valence-corrected chi connectivity index (χ3v) is 6.95. The average Bonchev–Trinajstić information content (AvgIpc) is 3.26. The summed E-state index contributed by atoms with van der Waals surface area (Å²) in [4.78, 5) is 24.7. The second kappa shape index (κ2) is 10.1. The van der Waals surface area contributed by atoms with Gasteiger partial charge in [0, 0.05) is 37.1 Å². The minimum atomic E-state index is -0.187. The molecule has 2 N–H and O–H groups in total. The summed E-state index contributed by atoms with van der Waals surface area (Å²) in [6, 6.07) is 15.7. The number of fused-ring (bicyclic) bond motifs is 1. The average molecular weight is 505 g/mol. The van der Waals surface area contributed by atoms with Crippen molar-refractivity contribution in [1.29, 1.82) is 0 Å². The number of para-hydroxylation sites is 1. The van der Waals surface area contributed by atoms with Crippen molar-refractivity contribution in [3.8, 4) is 11.3 Å². The van der Waals surface area contributed by atoms with E-state index in [4.69, 9.17) is 26.1 Å². The minimum Gasteiger partial charge on any atom is -0.362 e. The Bertz CT molecular complexity index is 1390. The molecule has 9 heteroatoms. The zero-order valence-corrected chi connectivity index (χ0v) is 21.3. The lowest BCUT2D eigenvalue weighted by molar-refractivity contribution is 0.0925. The highest BCUT2D eigenvalue weighted by atomic mass is 35.5. The molecule has 0 unspecified atom stereocenters. The fourth-order valence-electron chi connectivity index (χ4n) is 4.76. The molecule has 36 heavy (non-hydrogen) atoms. The van der Waals surface area contributed by atoms with E-state index in [-0.39, 0.29) is 18.0 Å². The number of hydrogen-bond acceptors (Lipinski definition) is 7. The van der Waals surface area contributed by atoms with Crippen molar-refractivity contribution in [3.05, 3.63) is 64.9 Å². The van der Waals surface area contributed by atoms with E-state index in [2.05, 4.69) is 15.8 Å². The number of aromatic nitrogens is 3. The van der Waals surface area contributed by atoms with Crippen molar-refractivity contribution in [1.82, 2.24) is 20.4 Å². The summed E-state index contributed by atoms with van der Waals surface area (Å²) < 4.78 is 5.36. The van der Waals surface area contributed by atoms with Crippen LogP contribution in [-0.2, 0) is 0 Å². The largest absolute Gasteiger partial charge is 0.362 e. The molecule has 2 aromatic carbocycles. The van der Waals surface area contributed by atoms with Crippen LogP contribution >= 0.6 is 11.6 Å². The lowest BCUT2D eigenvalue weighted by Crippen LogP contribution is -2.40. The maximum atomic E-state index is 13.2. The van der Waals surface area contributed by atoms with Crippen LogP contribution in [0.3, 0.4) is 0 Å². The van der Waals surface area contributed by atoms with E-state index >= 15 is 0 Å². The molecule has 5 rings (SSSR count). The maximum Gasteiger partial charge on any atom is 0.257 e. The van der Waals surface area contributed by atoms with Gasteiger partial charge >= 0.3 is 0 Å². The standard InChI is InChI=1S/C27H29ClN6O2/c1-16-23(24(33-36-16)19-8-4-6-10-21(19)28)26(35)29-17-12-14-18(15-13-17)30-27-31-22-11-7-5-9-20(22)25(32-27)34(2)3/h4-11,17-18H,12-15H2,1-3H3,(H,29,35)(H,30,31,32). The van der Waals surface area contributed by atoms with Crippen LogP contribution in [0.25, 0.3) is 22.2 Å². The number of aryl methyl sites for hydroxylation is 1. The second-order valence-electron chi connectivity index (χ2n) is 9.39. The fourth-order valence-corrected chi connectivity index (χ4v) is 4.99. The molecular weight excluding hydrogens is 476 g/mol. The van der Waals surface area contributed by atoms with Gasteiger partial charge in [-0.1, -0.05) is 47.1 Å². The van der Waals surface area contributed by atoms with Crippen LogP contribution in [0.2, 0.25) is 5.02 Å². The molecule has 1 aliphatic rings. The van der Waals surface area contributed by atoms with Crippen LogP contribution in [-0.4, -0.2) is 47.2 Å². The van der Waals surface area contributed by atoms with Crippen molar-refractivity contribution in [2.75, 3.05) is 24.3 Å². The molecule has 0 atom stereocenters. The van der Waals surface area contributed by atoms with Gasteiger partial charge in [-0.2, -0.15) is 4.98 Å². The SMILES string of the molecule is Cc1onc(-c2ccccc2Cl)c1C(=O)NC1CCC(Nc2nc(N(C)C)c3ccccc3n2)CC1. The van der Waals surface area contributed by atoms with E-state index in [1.165, 1.54) is 0 Å². The molecule has 0 bridgehead atoms. The minimum absolute atomic E-state index is 0.0683. The van der Waals surface area contributed by atoms with Crippen molar-refractivity contribution >= 4 is 40.2 Å². The van der Waals surface area contributed by atoms with Gasteiger partial charge in [-0.25, -0.2) is 4.98 Å². The van der Waals surface area contributed by atoms with E-state index in [9.17, 15) is 4.79 Å². The Kier molecular flexibility index (Phi) is 6.78. The number of benzene rings is 2. The molecule has 1 saturated carbocycles.